The number of carbonyl (C=O) groups excluding carboxylic acids is 1. The Balaban J connectivity index is 4.65. The van der Waals surface area contributed by atoms with Gasteiger partial charge in [-0.3, -0.25) is 4.79 Å². The zero-order valence-corrected chi connectivity index (χ0v) is 11.0. The van der Waals surface area contributed by atoms with E-state index in [1.54, 1.807) is 7.98 Å². The summed E-state index contributed by atoms with van der Waals surface area (Å²) in [6.07, 6.45) is -0.0689. The summed E-state index contributed by atoms with van der Waals surface area (Å²) in [5.74, 6) is -0.0777. The van der Waals surface area contributed by atoms with E-state index >= 15 is 0 Å². The third kappa shape index (κ3) is 3.85. The van der Waals surface area contributed by atoms with Crippen molar-refractivity contribution in [2.45, 2.75) is 33.8 Å². The van der Waals surface area contributed by atoms with Crippen molar-refractivity contribution in [1.82, 2.24) is 5.23 Å². The van der Waals surface area contributed by atoms with Crippen molar-refractivity contribution in [3.8, 4) is 0 Å². The lowest BCUT2D eigenvalue weighted by Crippen LogP contribution is -2.43. The van der Waals surface area contributed by atoms with Crippen LogP contribution in [0.4, 0.5) is 0 Å². The van der Waals surface area contributed by atoms with Gasteiger partial charge in [0.2, 0.25) is 13.9 Å². The van der Waals surface area contributed by atoms with Gasteiger partial charge in [-0.25, -0.2) is 0 Å². The van der Waals surface area contributed by atoms with Gasteiger partial charge in [0.05, 0.1) is 12.0 Å². The van der Waals surface area contributed by atoms with E-state index in [-0.39, 0.29) is 23.3 Å². The predicted octanol–water partition coefficient (Wildman–Crippen LogP) is 1.07. The fourth-order valence-electron chi connectivity index (χ4n) is 1.52. The minimum Gasteiger partial charge on any atom is -0.406 e. The highest BCUT2D eigenvalue weighted by atomic mass is 127. The zero-order chi connectivity index (χ0) is 10.6. The van der Waals surface area contributed by atoms with Crippen LogP contribution >= 0.6 is 23.0 Å². The van der Waals surface area contributed by atoms with Crippen LogP contribution in [0.2, 0.25) is 0 Å². The van der Waals surface area contributed by atoms with Crippen LogP contribution in [-0.2, 0) is 7.86 Å². The first-order valence-electron chi connectivity index (χ1n) is 4.33. The quantitative estimate of drug-likeness (QED) is 0.625. The fourth-order valence-corrected chi connectivity index (χ4v) is 1.81. The molecule has 0 aromatic rings. The zero-order valence-electron chi connectivity index (χ0n) is 8.85. The van der Waals surface area contributed by atoms with Crippen molar-refractivity contribution in [3.05, 3.63) is 0 Å². The van der Waals surface area contributed by atoms with Gasteiger partial charge in [-0.1, -0.05) is 20.8 Å². The number of nitrogens with one attached hydrogen (secondary N) is 1. The third-order valence-corrected chi connectivity index (χ3v) is 2.87. The SMILES string of the molecule is BNC(=O)C(C(C)OI)C(C)(C)C. The van der Waals surface area contributed by atoms with Crippen LogP contribution in [-0.4, -0.2) is 20.0 Å². The number of hydrogen-bond donors (Lipinski definition) is 1. The molecular weight excluding hydrogens is 280 g/mol. The molecule has 0 fully saturated rings. The van der Waals surface area contributed by atoms with Crippen LogP contribution in [0, 0.1) is 11.3 Å². The molecule has 0 bridgehead atoms. The maximum atomic E-state index is 11.6. The third-order valence-electron chi connectivity index (χ3n) is 2.07. The summed E-state index contributed by atoms with van der Waals surface area (Å²) in [6, 6.07) is 0. The Morgan fingerprint density at radius 2 is 2.00 bits per heavy atom. The molecule has 0 aromatic carbocycles. The van der Waals surface area contributed by atoms with E-state index in [4.69, 9.17) is 3.07 Å². The molecule has 0 saturated carbocycles. The maximum Gasteiger partial charge on any atom is 0.217 e. The Kier molecular flexibility index (Phi) is 5.28. The Bertz CT molecular complexity index is 181. The highest BCUT2D eigenvalue weighted by Crippen LogP contribution is 2.31. The monoisotopic (exact) mass is 297 g/mol. The second kappa shape index (κ2) is 5.19. The highest BCUT2D eigenvalue weighted by Gasteiger charge is 2.35. The number of amides is 1. The molecule has 1 N–H and O–H groups in total. The molecule has 0 heterocycles. The van der Waals surface area contributed by atoms with E-state index in [0.717, 1.165) is 0 Å². The van der Waals surface area contributed by atoms with E-state index in [9.17, 15) is 4.79 Å². The van der Waals surface area contributed by atoms with E-state index < -0.39 is 0 Å². The molecular formula is C8H17BINO2. The number of halogens is 1. The van der Waals surface area contributed by atoms with Crippen LogP contribution in [0.15, 0.2) is 0 Å². The molecule has 0 aromatic heterocycles. The average Bonchev–Trinajstić information content (AvgIpc) is 2.01. The molecule has 76 valence electrons. The molecule has 1 amide bonds. The fraction of sp³-hybridized carbons (Fsp3) is 0.875. The Morgan fingerprint density at radius 3 is 2.23 bits per heavy atom. The normalized spacial score (nSPS) is 16.4. The molecule has 0 aliphatic rings. The van der Waals surface area contributed by atoms with Gasteiger partial charge in [0.25, 0.3) is 0 Å². The summed E-state index contributed by atoms with van der Waals surface area (Å²) in [5, 5.41) is 2.66. The first-order chi connectivity index (χ1) is 5.84. The van der Waals surface area contributed by atoms with Gasteiger partial charge >= 0.3 is 0 Å². The molecule has 2 unspecified atom stereocenters. The lowest BCUT2D eigenvalue weighted by molar-refractivity contribution is -0.129. The first kappa shape index (κ1) is 13.2. The summed E-state index contributed by atoms with van der Waals surface area (Å²) in [4.78, 5) is 11.6. The van der Waals surface area contributed by atoms with Crippen LogP contribution in [0.25, 0.3) is 0 Å². The van der Waals surface area contributed by atoms with Crippen LogP contribution in [0.1, 0.15) is 27.7 Å². The second-order valence-corrected chi connectivity index (χ2v) is 4.76. The van der Waals surface area contributed by atoms with Gasteiger partial charge in [-0.15, -0.1) is 0 Å². The summed E-state index contributed by atoms with van der Waals surface area (Å²) in [6.45, 7) is 8.04. The standard InChI is InChI=1S/C8H17BINO2/c1-5(13-10)6(7(12)11-9)8(2,3)4/h5-6H,9H2,1-4H3,(H,11,12). The second-order valence-electron chi connectivity index (χ2n) is 4.25. The van der Waals surface area contributed by atoms with E-state index in [2.05, 4.69) is 5.23 Å². The van der Waals surface area contributed by atoms with E-state index in [0.29, 0.717) is 0 Å². The Hall–Kier alpha value is 0.225. The van der Waals surface area contributed by atoms with Gasteiger partial charge in [-0.2, -0.15) is 0 Å². The Morgan fingerprint density at radius 1 is 1.54 bits per heavy atom. The molecule has 0 spiro atoms. The molecule has 0 saturated heterocycles. The maximum absolute atomic E-state index is 11.6. The lowest BCUT2D eigenvalue weighted by atomic mass is 9.77. The predicted molar refractivity (Wildman–Crippen MR) is 64.2 cm³/mol. The van der Waals surface area contributed by atoms with Crippen molar-refractivity contribution in [3.63, 3.8) is 0 Å². The average molecular weight is 297 g/mol. The molecule has 2 atom stereocenters. The van der Waals surface area contributed by atoms with Gasteiger partial charge in [0, 0.05) is 0 Å². The number of rotatable bonds is 3. The lowest BCUT2D eigenvalue weighted by Gasteiger charge is -2.32. The first-order valence-corrected chi connectivity index (χ1v) is 5.21. The molecule has 3 nitrogen and oxygen atoms in total. The molecule has 0 aliphatic heterocycles. The van der Waals surface area contributed by atoms with Crippen LogP contribution in [0.3, 0.4) is 0 Å². The largest absolute Gasteiger partial charge is 0.406 e. The summed E-state index contributed by atoms with van der Waals surface area (Å²) in [5.41, 5.74) is -0.0787. The van der Waals surface area contributed by atoms with E-state index in [1.165, 1.54) is 0 Å². The minimum absolute atomic E-state index is 0.0386. The molecule has 0 aliphatic carbocycles. The number of hydrogen-bond acceptors (Lipinski definition) is 2. The smallest absolute Gasteiger partial charge is 0.217 e. The molecule has 13 heavy (non-hydrogen) atoms. The van der Waals surface area contributed by atoms with Gasteiger partial charge in [-0.05, 0) is 12.3 Å². The number of carbonyl (C=O) groups is 1. The molecule has 0 rings (SSSR count). The van der Waals surface area contributed by atoms with Gasteiger partial charge in [0.1, 0.15) is 23.0 Å². The summed E-state index contributed by atoms with van der Waals surface area (Å²) in [7, 11) is 1.65. The molecule has 5 heteroatoms. The van der Waals surface area contributed by atoms with Crippen molar-refractivity contribution in [1.29, 1.82) is 0 Å². The molecule has 0 radical (unpaired) electrons. The van der Waals surface area contributed by atoms with Crippen molar-refractivity contribution in [2.75, 3.05) is 0 Å². The Labute approximate surface area is 95.1 Å². The topological polar surface area (TPSA) is 38.3 Å². The van der Waals surface area contributed by atoms with E-state index in [1.807, 2.05) is 50.7 Å². The van der Waals surface area contributed by atoms with Crippen molar-refractivity contribution >= 4 is 36.9 Å². The minimum atomic E-state index is -0.116. The van der Waals surface area contributed by atoms with Gasteiger partial charge in [0.15, 0.2) is 0 Å². The summed E-state index contributed by atoms with van der Waals surface area (Å²) < 4.78 is 5.17. The summed E-state index contributed by atoms with van der Waals surface area (Å²) >= 11 is 1.84. The van der Waals surface area contributed by atoms with Crippen molar-refractivity contribution < 1.29 is 7.86 Å². The van der Waals surface area contributed by atoms with Crippen LogP contribution < -0.4 is 5.23 Å². The van der Waals surface area contributed by atoms with Crippen LogP contribution in [0.5, 0.6) is 0 Å². The highest BCUT2D eigenvalue weighted by molar-refractivity contribution is 14.1. The van der Waals surface area contributed by atoms with Crippen molar-refractivity contribution in [2.24, 2.45) is 11.3 Å². The van der Waals surface area contributed by atoms with Gasteiger partial charge < -0.3 is 8.29 Å².